The molecule has 0 aliphatic rings. The van der Waals surface area contributed by atoms with E-state index in [0.29, 0.717) is 5.69 Å². The number of aryl methyl sites for hydroxylation is 2. The molecule has 0 radical (unpaired) electrons. The zero-order chi connectivity index (χ0) is 18.7. The Hall–Kier alpha value is -2.60. The highest BCUT2D eigenvalue weighted by Crippen LogP contribution is 2.20. The number of nitrogens with one attached hydrogen (secondary N) is 2. The normalized spacial score (nSPS) is 10.7. The van der Waals surface area contributed by atoms with Gasteiger partial charge in [0.1, 0.15) is 6.54 Å². The number of para-hydroxylation sites is 1. The van der Waals surface area contributed by atoms with Gasteiger partial charge in [0.05, 0.1) is 6.54 Å². The summed E-state index contributed by atoms with van der Waals surface area (Å²) in [6.07, 6.45) is 0. The van der Waals surface area contributed by atoms with Gasteiger partial charge in [-0.3, -0.25) is 9.59 Å². The molecule has 0 aliphatic heterocycles. The van der Waals surface area contributed by atoms with Crippen LogP contribution in [0, 0.1) is 13.8 Å². The minimum Gasteiger partial charge on any atom is -0.345 e. The van der Waals surface area contributed by atoms with E-state index >= 15 is 0 Å². The fraction of sp³-hybridized carbons (Fsp3) is 0.200. The maximum atomic E-state index is 12.2. The molecule has 1 aromatic heterocycles. The van der Waals surface area contributed by atoms with Gasteiger partial charge in [0, 0.05) is 21.4 Å². The number of nitrogens with zero attached hydrogens (tertiary/aromatic N) is 1. The Labute approximate surface area is 160 Å². The van der Waals surface area contributed by atoms with Gasteiger partial charge in [0.25, 0.3) is 0 Å². The Kier molecular flexibility index (Phi) is 5.42. The Morgan fingerprint density at radius 1 is 1.04 bits per heavy atom. The van der Waals surface area contributed by atoms with E-state index in [1.165, 1.54) is 0 Å². The lowest BCUT2D eigenvalue weighted by Gasteiger charge is -2.10. The predicted octanol–water partition coefficient (Wildman–Crippen LogP) is 3.78. The fourth-order valence-corrected chi connectivity index (χ4v) is 3.11. The van der Waals surface area contributed by atoms with Gasteiger partial charge < -0.3 is 15.2 Å². The quantitative estimate of drug-likeness (QED) is 0.668. The molecule has 6 heteroatoms. The summed E-state index contributed by atoms with van der Waals surface area (Å²) in [4.78, 5) is 24.3. The van der Waals surface area contributed by atoms with Crippen molar-refractivity contribution in [2.75, 3.05) is 11.9 Å². The number of benzene rings is 2. The van der Waals surface area contributed by atoms with Crippen molar-refractivity contribution < 1.29 is 9.59 Å². The average molecular weight is 414 g/mol. The van der Waals surface area contributed by atoms with E-state index in [9.17, 15) is 9.59 Å². The van der Waals surface area contributed by atoms with E-state index in [1.807, 2.05) is 66.9 Å². The number of carbonyl (C=O) groups excluding carboxylic acids is 2. The Morgan fingerprint density at radius 3 is 2.58 bits per heavy atom. The van der Waals surface area contributed by atoms with E-state index in [0.717, 1.165) is 26.6 Å². The molecule has 2 aromatic carbocycles. The van der Waals surface area contributed by atoms with E-state index in [4.69, 9.17) is 0 Å². The van der Waals surface area contributed by atoms with Crippen LogP contribution in [0.15, 0.2) is 53.0 Å². The summed E-state index contributed by atoms with van der Waals surface area (Å²) in [6.45, 7) is 4.04. The third kappa shape index (κ3) is 4.14. The summed E-state index contributed by atoms with van der Waals surface area (Å²) in [5, 5.41) is 6.56. The van der Waals surface area contributed by atoms with Crippen LogP contribution in [-0.2, 0) is 16.1 Å². The highest BCUT2D eigenvalue weighted by atomic mass is 79.9. The number of halogens is 1. The molecule has 26 heavy (non-hydrogen) atoms. The highest BCUT2D eigenvalue weighted by Gasteiger charge is 2.11. The number of fused-ring (bicyclic) bond motifs is 1. The maximum Gasteiger partial charge on any atom is 0.243 e. The first kappa shape index (κ1) is 18.2. The molecule has 2 amide bonds. The monoisotopic (exact) mass is 413 g/mol. The number of amides is 2. The summed E-state index contributed by atoms with van der Waals surface area (Å²) < 4.78 is 2.93. The van der Waals surface area contributed by atoms with Gasteiger partial charge in [-0.2, -0.15) is 0 Å². The third-order valence-electron chi connectivity index (χ3n) is 4.21. The molecular weight excluding hydrogens is 394 g/mol. The van der Waals surface area contributed by atoms with Crippen molar-refractivity contribution in [1.82, 2.24) is 9.88 Å². The number of hydrogen-bond donors (Lipinski definition) is 2. The van der Waals surface area contributed by atoms with Crippen molar-refractivity contribution in [3.63, 3.8) is 0 Å². The lowest BCUT2D eigenvalue weighted by atomic mass is 10.2. The highest BCUT2D eigenvalue weighted by molar-refractivity contribution is 9.10. The van der Waals surface area contributed by atoms with Crippen molar-refractivity contribution in [3.8, 4) is 0 Å². The van der Waals surface area contributed by atoms with Crippen LogP contribution in [0.5, 0.6) is 0 Å². The van der Waals surface area contributed by atoms with Crippen molar-refractivity contribution in [3.05, 3.63) is 64.3 Å². The van der Waals surface area contributed by atoms with Crippen LogP contribution in [0.25, 0.3) is 10.9 Å². The van der Waals surface area contributed by atoms with E-state index in [2.05, 4.69) is 26.6 Å². The molecule has 3 aromatic rings. The van der Waals surface area contributed by atoms with Crippen molar-refractivity contribution in [1.29, 1.82) is 0 Å². The molecule has 0 saturated carbocycles. The number of carbonyl (C=O) groups is 2. The molecule has 1 heterocycles. The molecule has 0 unspecified atom stereocenters. The molecule has 0 spiro atoms. The lowest BCUT2D eigenvalue weighted by Crippen LogP contribution is -2.35. The van der Waals surface area contributed by atoms with Crippen LogP contribution < -0.4 is 10.6 Å². The van der Waals surface area contributed by atoms with Gasteiger partial charge in [-0.1, -0.05) is 34.1 Å². The zero-order valence-electron chi connectivity index (χ0n) is 14.7. The third-order valence-corrected chi connectivity index (χ3v) is 5.10. The zero-order valence-corrected chi connectivity index (χ0v) is 16.3. The first-order valence-corrected chi connectivity index (χ1v) is 9.11. The SMILES string of the molecule is Cc1cc(NC(=O)CNC(=O)Cn2c(C)cc3ccccc32)ccc1Br. The Morgan fingerprint density at radius 2 is 1.81 bits per heavy atom. The first-order valence-electron chi connectivity index (χ1n) is 8.31. The largest absolute Gasteiger partial charge is 0.345 e. The Bertz CT molecular complexity index is 978. The molecule has 0 bridgehead atoms. The minimum absolute atomic E-state index is 0.0633. The van der Waals surface area contributed by atoms with Crippen LogP contribution in [0.3, 0.4) is 0 Å². The summed E-state index contributed by atoms with van der Waals surface area (Å²) >= 11 is 3.42. The second-order valence-corrected chi connectivity index (χ2v) is 7.07. The van der Waals surface area contributed by atoms with Crippen LogP contribution in [0.1, 0.15) is 11.3 Å². The van der Waals surface area contributed by atoms with Crippen molar-refractivity contribution >= 4 is 44.3 Å². The van der Waals surface area contributed by atoms with E-state index < -0.39 is 0 Å². The summed E-state index contributed by atoms with van der Waals surface area (Å²) in [6, 6.07) is 15.5. The Balaban J connectivity index is 1.57. The van der Waals surface area contributed by atoms with Crippen molar-refractivity contribution in [2.24, 2.45) is 0 Å². The molecule has 0 aliphatic carbocycles. The van der Waals surface area contributed by atoms with Crippen molar-refractivity contribution in [2.45, 2.75) is 20.4 Å². The number of anilines is 1. The molecule has 5 nitrogen and oxygen atoms in total. The molecule has 0 fully saturated rings. The summed E-state index contributed by atoms with van der Waals surface area (Å²) in [7, 11) is 0. The average Bonchev–Trinajstić information content (AvgIpc) is 2.92. The van der Waals surface area contributed by atoms with Crippen LogP contribution in [-0.4, -0.2) is 22.9 Å². The smallest absolute Gasteiger partial charge is 0.243 e. The second kappa shape index (κ2) is 7.74. The standard InChI is InChI=1S/C20H20BrN3O2/c1-13-9-16(7-8-17(13)21)23-19(25)11-22-20(26)12-24-14(2)10-15-5-3-4-6-18(15)24/h3-10H,11-12H2,1-2H3,(H,22,26)(H,23,25). The van der Waals surface area contributed by atoms with Crippen LogP contribution in [0.2, 0.25) is 0 Å². The molecule has 134 valence electrons. The van der Waals surface area contributed by atoms with Gasteiger partial charge in [0.15, 0.2) is 0 Å². The minimum atomic E-state index is -0.255. The van der Waals surface area contributed by atoms with Gasteiger partial charge in [-0.05, 0) is 55.1 Å². The molecule has 2 N–H and O–H groups in total. The first-order chi connectivity index (χ1) is 12.4. The summed E-state index contributed by atoms with van der Waals surface area (Å²) in [5.41, 5.74) is 3.75. The molecule has 0 saturated heterocycles. The predicted molar refractivity (Wildman–Crippen MR) is 107 cm³/mol. The maximum absolute atomic E-state index is 12.2. The number of rotatable bonds is 5. The molecule has 3 rings (SSSR count). The van der Waals surface area contributed by atoms with E-state index in [1.54, 1.807) is 0 Å². The number of hydrogen-bond acceptors (Lipinski definition) is 2. The van der Waals surface area contributed by atoms with E-state index in [-0.39, 0.29) is 24.9 Å². The van der Waals surface area contributed by atoms with Gasteiger partial charge in [-0.25, -0.2) is 0 Å². The second-order valence-electron chi connectivity index (χ2n) is 6.22. The topological polar surface area (TPSA) is 63.1 Å². The lowest BCUT2D eigenvalue weighted by molar-refractivity contribution is -0.124. The number of aromatic nitrogens is 1. The van der Waals surface area contributed by atoms with Gasteiger partial charge >= 0.3 is 0 Å². The fourth-order valence-electron chi connectivity index (χ4n) is 2.86. The molecule has 0 atom stereocenters. The summed E-state index contributed by atoms with van der Waals surface area (Å²) in [5.74, 6) is -0.453. The molecular formula is C20H20BrN3O2. The van der Waals surface area contributed by atoms with Crippen LogP contribution >= 0.6 is 15.9 Å². The van der Waals surface area contributed by atoms with Crippen LogP contribution in [0.4, 0.5) is 5.69 Å². The van der Waals surface area contributed by atoms with Gasteiger partial charge in [-0.15, -0.1) is 0 Å². The van der Waals surface area contributed by atoms with Gasteiger partial charge in [0.2, 0.25) is 11.8 Å².